The Morgan fingerprint density at radius 2 is 2.17 bits per heavy atom. The molecule has 1 amide bonds. The van der Waals surface area contributed by atoms with Crippen LogP contribution in [0, 0.1) is 0 Å². The van der Waals surface area contributed by atoms with E-state index in [2.05, 4.69) is 5.32 Å². The topological polar surface area (TPSA) is 50.8 Å². The van der Waals surface area contributed by atoms with Crippen molar-refractivity contribution in [2.45, 2.75) is 25.2 Å². The van der Waals surface area contributed by atoms with E-state index < -0.39 is 12.3 Å². The minimum absolute atomic E-state index is 0.0208. The van der Waals surface area contributed by atoms with Crippen molar-refractivity contribution in [1.29, 1.82) is 0 Å². The molecule has 2 rings (SSSR count). The number of rotatable bonds is 6. The summed E-state index contributed by atoms with van der Waals surface area (Å²) in [5, 5.41) is 2.76. The van der Waals surface area contributed by atoms with E-state index in [4.69, 9.17) is 9.47 Å². The van der Waals surface area contributed by atoms with Gasteiger partial charge in [0.05, 0.1) is 13.7 Å². The van der Waals surface area contributed by atoms with E-state index in [1.165, 1.54) is 0 Å². The second-order valence-electron chi connectivity index (χ2n) is 5.54. The van der Waals surface area contributed by atoms with Crippen molar-refractivity contribution < 1.29 is 27.4 Å². The van der Waals surface area contributed by atoms with Crippen LogP contribution in [-0.4, -0.2) is 56.4 Å². The Bertz CT molecular complexity index is 552. The van der Waals surface area contributed by atoms with Gasteiger partial charge in [-0.25, -0.2) is 0 Å². The molecule has 1 saturated heterocycles. The predicted octanol–water partition coefficient (Wildman–Crippen LogP) is 1.96. The number of ether oxygens (including phenoxy) is 2. The maximum atomic E-state index is 12.7. The number of methoxy groups -OCH3 is 1. The van der Waals surface area contributed by atoms with E-state index in [1.807, 2.05) is 18.2 Å². The third kappa shape index (κ3) is 5.38. The molecule has 0 unspecified atom stereocenters. The molecule has 0 bridgehead atoms. The molecular weight excluding hydrogens is 325 g/mol. The van der Waals surface area contributed by atoms with Crippen LogP contribution in [0.5, 0.6) is 5.75 Å². The lowest BCUT2D eigenvalue weighted by molar-refractivity contribution is -0.237. The summed E-state index contributed by atoms with van der Waals surface area (Å²) in [4.78, 5) is 13.5. The van der Waals surface area contributed by atoms with Crippen molar-refractivity contribution >= 4 is 5.91 Å². The van der Waals surface area contributed by atoms with Crippen molar-refractivity contribution in [2.75, 3.05) is 33.4 Å². The van der Waals surface area contributed by atoms with Crippen molar-refractivity contribution in [3.63, 3.8) is 0 Å². The second kappa shape index (κ2) is 8.34. The van der Waals surface area contributed by atoms with Gasteiger partial charge < -0.3 is 14.8 Å². The van der Waals surface area contributed by atoms with E-state index in [0.29, 0.717) is 18.8 Å². The van der Waals surface area contributed by atoms with Gasteiger partial charge in [0.25, 0.3) is 0 Å². The number of carbonyl (C=O) groups is 1. The predicted molar refractivity (Wildman–Crippen MR) is 81.7 cm³/mol. The van der Waals surface area contributed by atoms with Crippen molar-refractivity contribution in [1.82, 2.24) is 10.2 Å². The van der Waals surface area contributed by atoms with Gasteiger partial charge in [-0.1, -0.05) is 18.2 Å². The van der Waals surface area contributed by atoms with E-state index in [-0.39, 0.29) is 32.0 Å². The number of halogens is 3. The van der Waals surface area contributed by atoms with Crippen LogP contribution in [-0.2, 0) is 16.1 Å². The minimum Gasteiger partial charge on any atom is -0.496 e. The molecule has 1 aliphatic heterocycles. The van der Waals surface area contributed by atoms with Crippen LogP contribution < -0.4 is 10.1 Å². The second-order valence-corrected chi connectivity index (χ2v) is 5.54. The van der Waals surface area contributed by atoms with Gasteiger partial charge in [-0.15, -0.1) is 0 Å². The smallest absolute Gasteiger partial charge is 0.415 e. The van der Waals surface area contributed by atoms with Crippen LogP contribution in [0.25, 0.3) is 0 Å². The lowest BCUT2D eigenvalue weighted by atomic mass is 10.2. The fourth-order valence-corrected chi connectivity index (χ4v) is 2.49. The number of hydrogen-bond donors (Lipinski definition) is 1. The molecular formula is C16H21F3N2O3. The summed E-state index contributed by atoms with van der Waals surface area (Å²) < 4.78 is 47.9. The van der Waals surface area contributed by atoms with Gasteiger partial charge in [0, 0.05) is 38.2 Å². The number of amides is 1. The van der Waals surface area contributed by atoms with E-state index >= 15 is 0 Å². The quantitative estimate of drug-likeness (QED) is 0.856. The van der Waals surface area contributed by atoms with Gasteiger partial charge >= 0.3 is 6.18 Å². The van der Waals surface area contributed by atoms with Crippen LogP contribution in [0.2, 0.25) is 0 Å². The minimum atomic E-state index is -4.37. The van der Waals surface area contributed by atoms with E-state index in [1.54, 1.807) is 18.1 Å². The van der Waals surface area contributed by atoms with Crippen molar-refractivity contribution in [2.24, 2.45) is 0 Å². The molecule has 0 aromatic heterocycles. The number of alkyl halides is 3. The Labute approximate surface area is 138 Å². The van der Waals surface area contributed by atoms with Crippen LogP contribution in [0.15, 0.2) is 24.3 Å². The lowest BCUT2D eigenvalue weighted by Gasteiger charge is -2.33. The van der Waals surface area contributed by atoms with Gasteiger partial charge in [0.2, 0.25) is 5.91 Å². The lowest BCUT2D eigenvalue weighted by Crippen LogP contribution is -2.49. The van der Waals surface area contributed by atoms with Crippen LogP contribution >= 0.6 is 0 Å². The fourth-order valence-electron chi connectivity index (χ4n) is 2.49. The third-order valence-corrected chi connectivity index (χ3v) is 3.84. The standard InChI is InChI=1S/C16H21F3N2O3/c1-23-13-5-3-2-4-12(13)10-20-15(22)6-7-21-8-9-24-14(11-21)16(17,18)19/h2-5,14H,6-11H2,1H3,(H,20,22)/t14-/m1/s1. The highest BCUT2D eigenvalue weighted by atomic mass is 19.4. The Kier molecular flexibility index (Phi) is 6.44. The molecule has 8 heteroatoms. The number of nitrogens with one attached hydrogen (secondary N) is 1. The number of morpholine rings is 1. The summed E-state index contributed by atoms with van der Waals surface area (Å²) in [6, 6.07) is 7.32. The number of para-hydroxylation sites is 1. The third-order valence-electron chi connectivity index (χ3n) is 3.84. The number of hydrogen-bond acceptors (Lipinski definition) is 4. The first-order chi connectivity index (χ1) is 11.4. The first kappa shape index (κ1) is 18.5. The summed E-state index contributed by atoms with van der Waals surface area (Å²) in [5.74, 6) is 0.468. The largest absolute Gasteiger partial charge is 0.496 e. The molecule has 1 fully saturated rings. The molecule has 1 atom stereocenters. The molecule has 1 N–H and O–H groups in total. The summed E-state index contributed by atoms with van der Waals surface area (Å²) in [5.41, 5.74) is 0.844. The average Bonchev–Trinajstić information content (AvgIpc) is 2.58. The van der Waals surface area contributed by atoms with Gasteiger partial charge in [0.15, 0.2) is 6.10 Å². The summed E-state index contributed by atoms with van der Waals surface area (Å²) >= 11 is 0. The van der Waals surface area contributed by atoms with Gasteiger partial charge in [0.1, 0.15) is 5.75 Å². The fraction of sp³-hybridized carbons (Fsp3) is 0.562. The molecule has 1 aliphatic rings. The highest BCUT2D eigenvalue weighted by molar-refractivity contribution is 5.76. The molecule has 24 heavy (non-hydrogen) atoms. The Balaban J connectivity index is 1.75. The van der Waals surface area contributed by atoms with Gasteiger partial charge in [-0.3, -0.25) is 9.69 Å². The molecule has 0 saturated carbocycles. The van der Waals surface area contributed by atoms with Gasteiger partial charge in [-0.05, 0) is 6.07 Å². The zero-order valence-corrected chi connectivity index (χ0v) is 13.4. The molecule has 0 spiro atoms. The first-order valence-electron chi connectivity index (χ1n) is 7.69. The van der Waals surface area contributed by atoms with Crippen LogP contribution in [0.3, 0.4) is 0 Å². The normalized spacial score (nSPS) is 19.1. The number of benzene rings is 1. The maximum absolute atomic E-state index is 12.7. The Morgan fingerprint density at radius 3 is 2.88 bits per heavy atom. The summed E-state index contributed by atoms with van der Waals surface area (Å²) in [7, 11) is 1.55. The summed E-state index contributed by atoms with van der Waals surface area (Å²) in [6.07, 6.45) is -6.01. The molecule has 0 aliphatic carbocycles. The molecule has 1 heterocycles. The molecule has 0 radical (unpaired) electrons. The van der Waals surface area contributed by atoms with E-state index in [9.17, 15) is 18.0 Å². The zero-order valence-electron chi connectivity index (χ0n) is 13.4. The highest BCUT2D eigenvalue weighted by Gasteiger charge is 2.43. The molecule has 1 aromatic rings. The zero-order chi connectivity index (χ0) is 17.6. The summed E-state index contributed by atoms with van der Waals surface area (Å²) in [6.45, 7) is 0.771. The monoisotopic (exact) mass is 346 g/mol. The Hall–Kier alpha value is -1.80. The molecule has 1 aromatic carbocycles. The molecule has 134 valence electrons. The highest BCUT2D eigenvalue weighted by Crippen LogP contribution is 2.25. The SMILES string of the molecule is COc1ccccc1CNC(=O)CCN1CCO[C@@H](C(F)(F)F)C1. The van der Waals surface area contributed by atoms with Crippen molar-refractivity contribution in [3.05, 3.63) is 29.8 Å². The van der Waals surface area contributed by atoms with Crippen LogP contribution in [0.1, 0.15) is 12.0 Å². The maximum Gasteiger partial charge on any atom is 0.415 e. The first-order valence-corrected chi connectivity index (χ1v) is 7.69. The average molecular weight is 346 g/mol. The van der Waals surface area contributed by atoms with Crippen molar-refractivity contribution in [3.8, 4) is 5.75 Å². The van der Waals surface area contributed by atoms with Crippen LogP contribution in [0.4, 0.5) is 13.2 Å². The Morgan fingerprint density at radius 1 is 1.42 bits per heavy atom. The number of nitrogens with zero attached hydrogens (tertiary/aromatic N) is 1. The van der Waals surface area contributed by atoms with Gasteiger partial charge in [-0.2, -0.15) is 13.2 Å². The number of carbonyl (C=O) groups excluding carboxylic acids is 1. The molecule has 5 nitrogen and oxygen atoms in total. The van der Waals surface area contributed by atoms with E-state index in [0.717, 1.165) is 5.56 Å².